The average Bonchev–Trinajstić information content (AvgIpc) is 2.73. The molecule has 5 heteroatoms. The van der Waals surface area contributed by atoms with Crippen molar-refractivity contribution < 1.29 is 0 Å². The molecule has 0 fully saturated rings. The molecule has 0 aliphatic carbocycles. The fourth-order valence-electron chi connectivity index (χ4n) is 1.97. The number of rotatable bonds is 3. The van der Waals surface area contributed by atoms with Crippen molar-refractivity contribution in [3.63, 3.8) is 0 Å². The van der Waals surface area contributed by atoms with E-state index in [0.717, 1.165) is 16.9 Å². The van der Waals surface area contributed by atoms with Gasteiger partial charge in [0.15, 0.2) is 0 Å². The smallest absolute Gasteiger partial charge is 0.120 e. The first-order valence-electron chi connectivity index (χ1n) is 6.05. The second-order valence-corrected chi connectivity index (χ2v) is 4.88. The van der Waals surface area contributed by atoms with Gasteiger partial charge in [-0.2, -0.15) is 10.5 Å². The molecule has 4 nitrogen and oxygen atoms in total. The number of nitriles is 2. The van der Waals surface area contributed by atoms with Gasteiger partial charge in [-0.25, -0.2) is 0 Å². The lowest BCUT2D eigenvalue weighted by Crippen LogP contribution is -2.02. The fourth-order valence-corrected chi connectivity index (χ4v) is 2.21. The van der Waals surface area contributed by atoms with Crippen molar-refractivity contribution in [3.8, 4) is 12.1 Å². The molecule has 0 saturated heterocycles. The van der Waals surface area contributed by atoms with Gasteiger partial charge in [0, 0.05) is 19.3 Å². The Bertz CT molecular complexity index is 732. The van der Waals surface area contributed by atoms with E-state index in [-0.39, 0.29) is 0 Å². The van der Waals surface area contributed by atoms with E-state index in [1.165, 1.54) is 0 Å². The maximum atomic E-state index is 9.00. The molecule has 1 N–H and O–H groups in total. The number of nitrogens with one attached hydrogen (secondary N) is 1. The summed E-state index contributed by atoms with van der Waals surface area (Å²) in [5.74, 6) is 0. The highest BCUT2D eigenvalue weighted by Gasteiger charge is 2.09. The fraction of sp³-hybridized carbons (Fsp3) is 0.200. The van der Waals surface area contributed by atoms with E-state index in [1.54, 1.807) is 18.2 Å². The number of hydrogen-bond acceptors (Lipinski definition) is 3. The van der Waals surface area contributed by atoms with Crippen LogP contribution < -0.4 is 5.32 Å². The Morgan fingerprint density at radius 2 is 2.00 bits per heavy atom. The van der Waals surface area contributed by atoms with Gasteiger partial charge in [-0.05, 0) is 36.8 Å². The molecule has 0 spiro atoms. The molecule has 20 heavy (non-hydrogen) atoms. The molecule has 0 radical (unpaired) electrons. The van der Waals surface area contributed by atoms with Crippen LogP contribution in [0.25, 0.3) is 0 Å². The molecule has 2 rings (SSSR count). The van der Waals surface area contributed by atoms with Crippen LogP contribution in [0.15, 0.2) is 24.3 Å². The summed E-state index contributed by atoms with van der Waals surface area (Å²) in [6.07, 6.45) is 0. The molecular formula is C15H13ClN4. The lowest BCUT2D eigenvalue weighted by atomic mass is 10.2. The third-order valence-corrected chi connectivity index (χ3v) is 3.63. The first-order chi connectivity index (χ1) is 9.56. The highest BCUT2D eigenvalue weighted by molar-refractivity contribution is 6.33. The maximum Gasteiger partial charge on any atom is 0.120 e. The first-order valence-corrected chi connectivity index (χ1v) is 6.43. The largest absolute Gasteiger partial charge is 0.380 e. The summed E-state index contributed by atoms with van der Waals surface area (Å²) in [6.45, 7) is 2.55. The zero-order valence-electron chi connectivity index (χ0n) is 11.2. The highest BCUT2D eigenvalue weighted by atomic mass is 35.5. The zero-order valence-corrected chi connectivity index (χ0v) is 12.0. The van der Waals surface area contributed by atoms with Crippen LogP contribution >= 0.6 is 11.6 Å². The second-order valence-electron chi connectivity index (χ2n) is 4.47. The Morgan fingerprint density at radius 1 is 1.25 bits per heavy atom. The topological polar surface area (TPSA) is 64.5 Å². The molecule has 0 amide bonds. The first kappa shape index (κ1) is 14.0. The molecule has 0 saturated carbocycles. The molecule has 1 heterocycles. The van der Waals surface area contributed by atoms with E-state index in [4.69, 9.17) is 22.1 Å². The Labute approximate surface area is 122 Å². The summed E-state index contributed by atoms with van der Waals surface area (Å²) in [5.41, 5.74) is 4.02. The van der Waals surface area contributed by atoms with E-state index in [2.05, 4.69) is 11.4 Å². The van der Waals surface area contributed by atoms with Crippen LogP contribution in [0.3, 0.4) is 0 Å². The van der Waals surface area contributed by atoms with E-state index < -0.39 is 0 Å². The molecule has 0 atom stereocenters. The minimum atomic E-state index is 0.512. The Morgan fingerprint density at radius 3 is 2.55 bits per heavy atom. The minimum absolute atomic E-state index is 0.512. The molecule has 0 unspecified atom stereocenters. The monoisotopic (exact) mass is 284 g/mol. The van der Waals surface area contributed by atoms with Crippen LogP contribution in [0.4, 0.5) is 5.69 Å². The average molecular weight is 285 g/mol. The highest BCUT2D eigenvalue weighted by Crippen LogP contribution is 2.24. The third-order valence-electron chi connectivity index (χ3n) is 3.32. The zero-order chi connectivity index (χ0) is 14.7. The van der Waals surface area contributed by atoms with Gasteiger partial charge in [-0.3, -0.25) is 0 Å². The van der Waals surface area contributed by atoms with Gasteiger partial charge in [0.2, 0.25) is 0 Å². The summed E-state index contributed by atoms with van der Waals surface area (Å²) in [6, 6.07) is 11.2. The number of nitrogens with zero attached hydrogens (tertiary/aromatic N) is 3. The number of aromatic nitrogens is 1. The summed E-state index contributed by atoms with van der Waals surface area (Å²) in [5, 5.41) is 21.5. The molecule has 1 aromatic carbocycles. The van der Waals surface area contributed by atoms with Crippen molar-refractivity contribution in [2.45, 2.75) is 13.5 Å². The van der Waals surface area contributed by atoms with Gasteiger partial charge in [0.1, 0.15) is 11.8 Å². The summed E-state index contributed by atoms with van der Waals surface area (Å²) >= 11 is 6.11. The molecule has 0 bridgehead atoms. The van der Waals surface area contributed by atoms with Gasteiger partial charge >= 0.3 is 0 Å². The molecule has 2 aromatic rings. The molecule has 1 aromatic heterocycles. The normalized spacial score (nSPS) is 9.85. The number of anilines is 1. The number of hydrogen-bond donors (Lipinski definition) is 1. The van der Waals surface area contributed by atoms with Gasteiger partial charge in [0.25, 0.3) is 0 Å². The number of benzene rings is 1. The van der Waals surface area contributed by atoms with E-state index in [0.29, 0.717) is 22.8 Å². The van der Waals surface area contributed by atoms with Crippen molar-refractivity contribution >= 4 is 17.3 Å². The van der Waals surface area contributed by atoms with Crippen molar-refractivity contribution in [1.82, 2.24) is 4.57 Å². The lowest BCUT2D eigenvalue weighted by molar-refractivity contribution is 0.856. The summed E-state index contributed by atoms with van der Waals surface area (Å²) in [7, 11) is 1.87. The SMILES string of the molecule is Cc1c(CNc2ccc(C#N)cc2Cl)cc(C#N)n1C. The Hall–Kier alpha value is -2.43. The molecule has 0 aliphatic heterocycles. The maximum absolute atomic E-state index is 9.00. The van der Waals surface area contributed by atoms with Crippen molar-refractivity contribution in [1.29, 1.82) is 10.5 Å². The molecular weight excluding hydrogens is 272 g/mol. The van der Waals surface area contributed by atoms with Gasteiger partial charge in [-0.1, -0.05) is 11.6 Å². The van der Waals surface area contributed by atoms with E-state index in [9.17, 15) is 0 Å². The van der Waals surface area contributed by atoms with Crippen molar-refractivity contribution in [2.75, 3.05) is 5.32 Å². The van der Waals surface area contributed by atoms with Crippen LogP contribution in [0, 0.1) is 29.6 Å². The van der Waals surface area contributed by atoms with E-state index in [1.807, 2.05) is 30.7 Å². The molecule has 100 valence electrons. The number of halogens is 1. The van der Waals surface area contributed by atoms with Crippen LogP contribution in [0.5, 0.6) is 0 Å². The summed E-state index contributed by atoms with van der Waals surface area (Å²) < 4.78 is 1.86. The van der Waals surface area contributed by atoms with Crippen LogP contribution in [0.1, 0.15) is 22.5 Å². The van der Waals surface area contributed by atoms with Crippen LogP contribution in [-0.4, -0.2) is 4.57 Å². The predicted octanol–water partition coefficient (Wildman–Crippen LogP) is 3.34. The Balaban J connectivity index is 2.18. The Kier molecular flexibility index (Phi) is 3.98. The third kappa shape index (κ3) is 2.61. The van der Waals surface area contributed by atoms with Gasteiger partial charge in [-0.15, -0.1) is 0 Å². The standard InChI is InChI=1S/C15H13ClN4/c1-10-12(6-13(8-18)20(10)2)9-19-15-4-3-11(7-17)5-14(15)16/h3-6,19H,9H2,1-2H3. The summed E-state index contributed by atoms with van der Waals surface area (Å²) in [4.78, 5) is 0. The van der Waals surface area contributed by atoms with E-state index >= 15 is 0 Å². The quantitative estimate of drug-likeness (QED) is 0.940. The molecule has 0 aliphatic rings. The van der Waals surface area contributed by atoms with Crippen molar-refractivity contribution in [2.24, 2.45) is 7.05 Å². The van der Waals surface area contributed by atoms with Crippen LogP contribution in [0.2, 0.25) is 5.02 Å². The van der Waals surface area contributed by atoms with Crippen molar-refractivity contribution in [3.05, 3.63) is 51.8 Å². The van der Waals surface area contributed by atoms with Gasteiger partial charge in [0.05, 0.1) is 22.3 Å². The minimum Gasteiger partial charge on any atom is -0.380 e. The lowest BCUT2D eigenvalue weighted by Gasteiger charge is -2.08. The van der Waals surface area contributed by atoms with Gasteiger partial charge < -0.3 is 9.88 Å². The van der Waals surface area contributed by atoms with Crippen LogP contribution in [-0.2, 0) is 13.6 Å². The second kappa shape index (κ2) is 5.69. The predicted molar refractivity (Wildman–Crippen MR) is 78.4 cm³/mol.